The molecule has 0 bridgehead atoms. The molecule has 0 amide bonds. The summed E-state index contributed by atoms with van der Waals surface area (Å²) in [7, 11) is -5.84. The van der Waals surface area contributed by atoms with Crippen LogP contribution in [0.3, 0.4) is 0 Å². The van der Waals surface area contributed by atoms with Gasteiger partial charge in [-0.15, -0.1) is 11.8 Å². The first-order valence-electron chi connectivity index (χ1n) is 5.11. The van der Waals surface area contributed by atoms with Crippen LogP contribution in [0.4, 0.5) is 13.2 Å². The van der Waals surface area contributed by atoms with Crippen molar-refractivity contribution < 1.29 is 26.1 Å². The third-order valence-electron chi connectivity index (χ3n) is 1.46. The Bertz CT molecular complexity index is 476. The molecule has 0 unspecified atom stereocenters. The molecule has 0 heterocycles. The summed E-state index contributed by atoms with van der Waals surface area (Å²) in [5.41, 5.74) is -5.53. The lowest BCUT2D eigenvalue weighted by Gasteiger charge is -2.16. The fraction of sp³-hybridized carbons (Fsp3) is 0.455. The molecule has 1 aromatic carbocycles. The molecule has 0 aromatic heterocycles. The number of hydrogen-bond acceptors (Lipinski definition) is 3. The van der Waals surface area contributed by atoms with Gasteiger partial charge in [-0.2, -0.15) is 21.6 Å². The third-order valence-corrected chi connectivity index (χ3v) is 3.16. The SMILES string of the molecule is CC(C)(C)Sc1ccccc1.O=S(=O)(O)C(F)(F)F. The normalized spacial score (nSPS) is 12.6. The lowest BCUT2D eigenvalue weighted by molar-refractivity contribution is -0.0510. The number of halogens is 3. The van der Waals surface area contributed by atoms with Crippen molar-refractivity contribution in [1.29, 1.82) is 0 Å². The summed E-state index contributed by atoms with van der Waals surface area (Å²) in [6.45, 7) is 6.68. The molecule has 0 spiro atoms. The molecule has 8 heteroatoms. The maximum atomic E-state index is 10.7. The predicted octanol–water partition coefficient (Wildman–Crippen LogP) is 3.97. The standard InChI is InChI=1S/C10H14S.CHF3O3S/c1-10(2,3)11-9-7-5-4-6-8-9;2-1(3,4)8(5,6)7/h4-8H,1-3H3;(H,5,6,7). The summed E-state index contributed by atoms with van der Waals surface area (Å²) in [4.78, 5) is 1.35. The van der Waals surface area contributed by atoms with E-state index in [2.05, 4.69) is 45.0 Å². The van der Waals surface area contributed by atoms with E-state index in [9.17, 15) is 13.2 Å². The quantitative estimate of drug-likeness (QED) is 0.484. The van der Waals surface area contributed by atoms with Crippen molar-refractivity contribution in [2.75, 3.05) is 0 Å². The molecule has 19 heavy (non-hydrogen) atoms. The van der Waals surface area contributed by atoms with Crippen LogP contribution in [0, 0.1) is 0 Å². The Hall–Kier alpha value is -0.730. The molecule has 1 aromatic rings. The minimum atomic E-state index is -5.84. The minimum Gasteiger partial charge on any atom is -0.279 e. The van der Waals surface area contributed by atoms with Crippen LogP contribution >= 0.6 is 11.8 Å². The fourth-order valence-electron chi connectivity index (χ4n) is 0.842. The number of benzene rings is 1. The highest BCUT2D eigenvalue weighted by atomic mass is 32.2. The number of thioether (sulfide) groups is 1. The minimum absolute atomic E-state index is 0.321. The molecule has 110 valence electrons. The lowest BCUT2D eigenvalue weighted by Crippen LogP contribution is -2.21. The van der Waals surface area contributed by atoms with Gasteiger partial charge in [0.05, 0.1) is 0 Å². The van der Waals surface area contributed by atoms with E-state index in [1.54, 1.807) is 0 Å². The predicted molar refractivity (Wildman–Crippen MR) is 69.7 cm³/mol. The van der Waals surface area contributed by atoms with Gasteiger partial charge in [0.2, 0.25) is 0 Å². The van der Waals surface area contributed by atoms with Gasteiger partial charge in [-0.25, -0.2) is 0 Å². The van der Waals surface area contributed by atoms with Gasteiger partial charge in [0.25, 0.3) is 0 Å². The number of rotatable bonds is 1. The molecule has 0 saturated heterocycles. The first-order chi connectivity index (χ1) is 8.33. The summed E-state index contributed by atoms with van der Waals surface area (Å²) in [5.74, 6) is 0. The van der Waals surface area contributed by atoms with Gasteiger partial charge < -0.3 is 0 Å². The van der Waals surface area contributed by atoms with E-state index in [-0.39, 0.29) is 0 Å². The van der Waals surface area contributed by atoms with Crippen molar-refractivity contribution >= 4 is 21.9 Å². The average Bonchev–Trinajstić information content (AvgIpc) is 2.14. The molecule has 1 rings (SSSR count). The van der Waals surface area contributed by atoms with E-state index >= 15 is 0 Å². The van der Waals surface area contributed by atoms with Crippen molar-refractivity contribution in [3.8, 4) is 0 Å². The van der Waals surface area contributed by atoms with Crippen LogP contribution in [0.1, 0.15) is 20.8 Å². The highest BCUT2D eigenvalue weighted by Gasteiger charge is 2.44. The van der Waals surface area contributed by atoms with Crippen LogP contribution in [0.2, 0.25) is 0 Å². The van der Waals surface area contributed by atoms with Crippen molar-refractivity contribution in [1.82, 2.24) is 0 Å². The van der Waals surface area contributed by atoms with Crippen LogP contribution in [0.15, 0.2) is 35.2 Å². The second-order valence-electron chi connectivity index (χ2n) is 4.45. The summed E-state index contributed by atoms with van der Waals surface area (Å²) >= 11 is 1.90. The largest absolute Gasteiger partial charge is 0.522 e. The Morgan fingerprint density at radius 3 is 1.68 bits per heavy atom. The molecular weight excluding hydrogens is 301 g/mol. The van der Waals surface area contributed by atoms with E-state index in [0.29, 0.717) is 4.75 Å². The smallest absolute Gasteiger partial charge is 0.279 e. The topological polar surface area (TPSA) is 54.4 Å². The molecule has 0 saturated carbocycles. The average molecular weight is 316 g/mol. The Labute approximate surface area is 115 Å². The van der Waals surface area contributed by atoms with Crippen molar-refractivity contribution in [3.63, 3.8) is 0 Å². The zero-order valence-electron chi connectivity index (χ0n) is 10.6. The van der Waals surface area contributed by atoms with Crippen LogP contribution in [0.25, 0.3) is 0 Å². The molecule has 0 aliphatic heterocycles. The highest BCUT2D eigenvalue weighted by molar-refractivity contribution is 8.00. The zero-order chi connectivity index (χ0) is 15.3. The monoisotopic (exact) mass is 316 g/mol. The Morgan fingerprint density at radius 1 is 1.05 bits per heavy atom. The van der Waals surface area contributed by atoms with Crippen LogP contribution in [-0.2, 0) is 10.1 Å². The molecule has 0 aliphatic rings. The Kier molecular flexibility index (Phi) is 6.37. The maximum Gasteiger partial charge on any atom is 0.522 e. The van der Waals surface area contributed by atoms with Crippen LogP contribution in [0.5, 0.6) is 0 Å². The summed E-state index contributed by atoms with van der Waals surface area (Å²) in [6.07, 6.45) is 0. The maximum absolute atomic E-state index is 10.7. The van der Waals surface area contributed by atoms with E-state index < -0.39 is 15.6 Å². The van der Waals surface area contributed by atoms with Crippen molar-refractivity contribution in [2.24, 2.45) is 0 Å². The van der Waals surface area contributed by atoms with Crippen molar-refractivity contribution in [3.05, 3.63) is 30.3 Å². The third kappa shape index (κ3) is 8.90. The van der Waals surface area contributed by atoms with E-state index in [1.165, 1.54) is 4.90 Å². The van der Waals surface area contributed by atoms with E-state index in [0.717, 1.165) is 0 Å². The summed E-state index contributed by atoms with van der Waals surface area (Å²) < 4.78 is 57.9. The highest BCUT2D eigenvalue weighted by Crippen LogP contribution is 2.31. The van der Waals surface area contributed by atoms with Gasteiger partial charge >= 0.3 is 15.6 Å². The first kappa shape index (κ1) is 18.3. The second kappa shape index (κ2) is 6.62. The van der Waals surface area contributed by atoms with Crippen LogP contribution in [-0.4, -0.2) is 23.2 Å². The molecule has 3 nitrogen and oxygen atoms in total. The zero-order valence-corrected chi connectivity index (χ0v) is 12.2. The fourth-order valence-corrected chi connectivity index (χ4v) is 1.84. The first-order valence-corrected chi connectivity index (χ1v) is 7.36. The van der Waals surface area contributed by atoms with Gasteiger partial charge in [0.1, 0.15) is 0 Å². The van der Waals surface area contributed by atoms with E-state index in [1.807, 2.05) is 17.8 Å². The van der Waals surface area contributed by atoms with Gasteiger partial charge in [-0.05, 0) is 12.1 Å². The van der Waals surface area contributed by atoms with Crippen LogP contribution < -0.4 is 0 Å². The lowest BCUT2D eigenvalue weighted by atomic mass is 10.3. The van der Waals surface area contributed by atoms with Gasteiger partial charge in [0, 0.05) is 9.64 Å². The molecule has 0 aliphatic carbocycles. The molecule has 0 radical (unpaired) electrons. The Balaban J connectivity index is 0.000000362. The van der Waals surface area contributed by atoms with E-state index in [4.69, 9.17) is 13.0 Å². The second-order valence-corrected chi connectivity index (χ2v) is 7.76. The van der Waals surface area contributed by atoms with Gasteiger partial charge in [0.15, 0.2) is 0 Å². The Morgan fingerprint density at radius 2 is 1.42 bits per heavy atom. The summed E-state index contributed by atoms with van der Waals surface area (Å²) in [6, 6.07) is 10.5. The van der Waals surface area contributed by atoms with Gasteiger partial charge in [-0.1, -0.05) is 39.0 Å². The molecule has 1 N–H and O–H groups in total. The molecular formula is C11H15F3O3S2. The number of alkyl halides is 3. The van der Waals surface area contributed by atoms with Gasteiger partial charge in [-0.3, -0.25) is 4.55 Å². The summed E-state index contributed by atoms with van der Waals surface area (Å²) in [5, 5.41) is 0. The number of hydrogen-bond donors (Lipinski definition) is 1. The molecule has 0 atom stereocenters. The molecule has 0 fully saturated rings. The van der Waals surface area contributed by atoms with Crippen molar-refractivity contribution in [2.45, 2.75) is 35.9 Å².